The van der Waals surface area contributed by atoms with E-state index in [4.69, 9.17) is 4.74 Å². The Morgan fingerprint density at radius 3 is 2.64 bits per heavy atom. The Kier molecular flexibility index (Phi) is 8.00. The van der Waals surface area contributed by atoms with Crippen LogP contribution in [0.4, 0.5) is 0 Å². The van der Waals surface area contributed by atoms with Gasteiger partial charge in [0.15, 0.2) is 5.96 Å². The zero-order valence-corrected chi connectivity index (χ0v) is 16.3. The van der Waals surface area contributed by atoms with Crippen molar-refractivity contribution in [1.82, 2.24) is 10.6 Å². The number of para-hydroxylation sites is 1. The molecule has 0 radical (unpaired) electrons. The smallest absolute Gasteiger partial charge is 0.191 e. The highest BCUT2D eigenvalue weighted by Gasteiger charge is 2.33. The summed E-state index contributed by atoms with van der Waals surface area (Å²) >= 11 is 0. The summed E-state index contributed by atoms with van der Waals surface area (Å²) in [4.78, 5) is 4.28. The predicted octanol–water partition coefficient (Wildman–Crippen LogP) is 3.41. The standard InChI is InChI=1S/C17H27N3O.HI/c1-12(2)11-21-16-8-6-5-7-14(16)10-19-17(18-4)20-15-9-13(15)3;/h5-8,12-13,15H,9-11H2,1-4H3,(H2,18,19,20);1H. The minimum atomic E-state index is 0. The van der Waals surface area contributed by atoms with Crippen molar-refractivity contribution in [2.75, 3.05) is 13.7 Å². The third-order valence-electron chi connectivity index (χ3n) is 3.65. The Balaban J connectivity index is 0.00000242. The van der Waals surface area contributed by atoms with E-state index in [-0.39, 0.29) is 24.0 Å². The molecule has 5 heteroatoms. The number of hydrogen-bond acceptors (Lipinski definition) is 2. The van der Waals surface area contributed by atoms with Crippen LogP contribution in [-0.4, -0.2) is 25.7 Å². The maximum atomic E-state index is 5.87. The van der Waals surface area contributed by atoms with Crippen molar-refractivity contribution in [3.8, 4) is 5.75 Å². The van der Waals surface area contributed by atoms with E-state index in [9.17, 15) is 0 Å². The molecule has 0 aromatic heterocycles. The first-order valence-electron chi connectivity index (χ1n) is 7.78. The van der Waals surface area contributed by atoms with E-state index < -0.39 is 0 Å². The summed E-state index contributed by atoms with van der Waals surface area (Å²) < 4.78 is 5.87. The first-order valence-corrected chi connectivity index (χ1v) is 7.78. The quantitative estimate of drug-likeness (QED) is 0.424. The van der Waals surface area contributed by atoms with Gasteiger partial charge in [-0.25, -0.2) is 0 Å². The Morgan fingerprint density at radius 2 is 2.05 bits per heavy atom. The number of nitrogens with zero attached hydrogens (tertiary/aromatic N) is 1. The highest BCUT2D eigenvalue weighted by Crippen LogP contribution is 2.28. The second-order valence-electron chi connectivity index (χ2n) is 6.20. The molecule has 1 saturated carbocycles. The third-order valence-corrected chi connectivity index (χ3v) is 3.65. The van der Waals surface area contributed by atoms with E-state index in [0.717, 1.165) is 36.3 Å². The minimum Gasteiger partial charge on any atom is -0.493 e. The Bertz CT molecular complexity index is 491. The Morgan fingerprint density at radius 1 is 1.36 bits per heavy atom. The molecule has 124 valence electrons. The number of rotatable bonds is 6. The number of halogens is 1. The maximum absolute atomic E-state index is 5.87. The summed E-state index contributed by atoms with van der Waals surface area (Å²) in [6.07, 6.45) is 1.23. The summed E-state index contributed by atoms with van der Waals surface area (Å²) in [6, 6.07) is 8.74. The monoisotopic (exact) mass is 417 g/mol. The Labute approximate surface area is 151 Å². The zero-order valence-electron chi connectivity index (χ0n) is 13.9. The van der Waals surface area contributed by atoms with Crippen molar-refractivity contribution < 1.29 is 4.74 Å². The summed E-state index contributed by atoms with van der Waals surface area (Å²) in [5.41, 5.74) is 1.16. The lowest BCUT2D eigenvalue weighted by Crippen LogP contribution is -2.38. The van der Waals surface area contributed by atoms with Crippen molar-refractivity contribution in [2.45, 2.75) is 39.8 Å². The molecule has 4 nitrogen and oxygen atoms in total. The molecular weight excluding hydrogens is 389 g/mol. The van der Waals surface area contributed by atoms with Gasteiger partial charge in [-0.15, -0.1) is 24.0 Å². The molecule has 0 spiro atoms. The summed E-state index contributed by atoms with van der Waals surface area (Å²) in [5.74, 6) is 3.10. The van der Waals surface area contributed by atoms with Crippen LogP contribution in [0.1, 0.15) is 32.8 Å². The molecule has 1 fully saturated rings. The number of nitrogens with one attached hydrogen (secondary N) is 2. The molecule has 2 N–H and O–H groups in total. The predicted molar refractivity (Wildman–Crippen MR) is 103 cm³/mol. The van der Waals surface area contributed by atoms with Gasteiger partial charge in [0.25, 0.3) is 0 Å². The average molecular weight is 417 g/mol. The molecule has 2 unspecified atom stereocenters. The van der Waals surface area contributed by atoms with Gasteiger partial charge in [-0.1, -0.05) is 39.0 Å². The van der Waals surface area contributed by atoms with Crippen LogP contribution in [0, 0.1) is 11.8 Å². The van der Waals surface area contributed by atoms with Crippen LogP contribution < -0.4 is 15.4 Å². The topological polar surface area (TPSA) is 45.7 Å². The lowest BCUT2D eigenvalue weighted by atomic mass is 10.2. The van der Waals surface area contributed by atoms with Crippen molar-refractivity contribution in [3.63, 3.8) is 0 Å². The third kappa shape index (κ3) is 6.02. The van der Waals surface area contributed by atoms with Crippen LogP contribution in [0.15, 0.2) is 29.3 Å². The van der Waals surface area contributed by atoms with Crippen molar-refractivity contribution in [3.05, 3.63) is 29.8 Å². The van der Waals surface area contributed by atoms with Crippen molar-refractivity contribution in [1.29, 1.82) is 0 Å². The first kappa shape index (κ1) is 19.1. The molecule has 22 heavy (non-hydrogen) atoms. The fraction of sp³-hybridized carbons (Fsp3) is 0.588. The zero-order chi connectivity index (χ0) is 15.2. The first-order chi connectivity index (χ1) is 10.1. The number of hydrogen-bond donors (Lipinski definition) is 2. The Hall–Kier alpha value is -0.980. The number of benzene rings is 1. The highest BCUT2D eigenvalue weighted by molar-refractivity contribution is 14.0. The van der Waals surface area contributed by atoms with Crippen LogP contribution in [0.2, 0.25) is 0 Å². The van der Waals surface area contributed by atoms with Crippen LogP contribution in [-0.2, 0) is 6.54 Å². The molecule has 0 amide bonds. The van der Waals surface area contributed by atoms with Crippen LogP contribution in [0.3, 0.4) is 0 Å². The van der Waals surface area contributed by atoms with Gasteiger partial charge in [-0.05, 0) is 24.3 Å². The molecule has 0 bridgehead atoms. The molecular formula is C17H28IN3O. The molecule has 2 rings (SSSR count). The van der Waals surface area contributed by atoms with Crippen LogP contribution in [0.25, 0.3) is 0 Å². The fourth-order valence-electron chi connectivity index (χ4n) is 2.12. The lowest BCUT2D eigenvalue weighted by molar-refractivity contribution is 0.268. The fourth-order valence-corrected chi connectivity index (χ4v) is 2.12. The van der Waals surface area contributed by atoms with Gasteiger partial charge in [0.2, 0.25) is 0 Å². The SMILES string of the molecule is CN=C(NCc1ccccc1OCC(C)C)NC1CC1C.I. The minimum absolute atomic E-state index is 0. The largest absolute Gasteiger partial charge is 0.493 e. The molecule has 0 saturated heterocycles. The van der Waals surface area contributed by atoms with E-state index >= 15 is 0 Å². The summed E-state index contributed by atoms with van der Waals surface area (Å²) in [7, 11) is 1.81. The molecule has 1 aromatic rings. The molecule has 0 aliphatic heterocycles. The molecule has 1 aliphatic rings. The van der Waals surface area contributed by atoms with Crippen LogP contribution >= 0.6 is 24.0 Å². The molecule has 2 atom stereocenters. The second-order valence-corrected chi connectivity index (χ2v) is 6.20. The van der Waals surface area contributed by atoms with Crippen molar-refractivity contribution >= 4 is 29.9 Å². The van der Waals surface area contributed by atoms with Crippen LogP contribution in [0.5, 0.6) is 5.75 Å². The van der Waals surface area contributed by atoms with Gasteiger partial charge in [0, 0.05) is 25.2 Å². The van der Waals surface area contributed by atoms with E-state index in [1.54, 1.807) is 0 Å². The maximum Gasteiger partial charge on any atom is 0.191 e. The average Bonchev–Trinajstić information content (AvgIpc) is 3.17. The summed E-state index contributed by atoms with van der Waals surface area (Å²) in [5, 5.41) is 6.79. The number of aliphatic imine (C=N–C) groups is 1. The van der Waals surface area contributed by atoms with Gasteiger partial charge in [-0.2, -0.15) is 0 Å². The van der Waals surface area contributed by atoms with E-state index in [0.29, 0.717) is 12.0 Å². The molecule has 0 heterocycles. The van der Waals surface area contributed by atoms with Gasteiger partial charge in [0.05, 0.1) is 6.61 Å². The van der Waals surface area contributed by atoms with E-state index in [1.807, 2.05) is 25.2 Å². The van der Waals surface area contributed by atoms with Gasteiger partial charge >= 0.3 is 0 Å². The van der Waals surface area contributed by atoms with Gasteiger partial charge < -0.3 is 15.4 Å². The normalized spacial score (nSPS) is 20.3. The second kappa shape index (κ2) is 9.22. The van der Waals surface area contributed by atoms with Gasteiger partial charge in [-0.3, -0.25) is 4.99 Å². The number of ether oxygens (including phenoxy) is 1. The summed E-state index contributed by atoms with van der Waals surface area (Å²) in [6.45, 7) is 8.02. The molecule has 1 aromatic carbocycles. The molecule has 1 aliphatic carbocycles. The number of guanidine groups is 1. The van der Waals surface area contributed by atoms with Crippen molar-refractivity contribution in [2.24, 2.45) is 16.8 Å². The highest BCUT2D eigenvalue weighted by atomic mass is 127. The van der Waals surface area contributed by atoms with E-state index in [1.165, 1.54) is 6.42 Å². The lowest BCUT2D eigenvalue weighted by Gasteiger charge is -2.15. The van der Waals surface area contributed by atoms with E-state index in [2.05, 4.69) is 42.5 Å². The van der Waals surface area contributed by atoms with Gasteiger partial charge in [0.1, 0.15) is 5.75 Å².